The largest absolute Gasteiger partial charge is 0.316 e. The minimum Gasteiger partial charge on any atom is -0.316 e. The second kappa shape index (κ2) is 3.80. The zero-order chi connectivity index (χ0) is 12.2. The molecule has 2 aliphatic carbocycles. The molecule has 2 saturated carbocycles. The van der Waals surface area contributed by atoms with Gasteiger partial charge in [-0.25, -0.2) is 4.39 Å². The van der Waals surface area contributed by atoms with Crippen LogP contribution in [-0.4, -0.2) is 13.1 Å². The normalized spacial score (nSPS) is 29.5. The summed E-state index contributed by atoms with van der Waals surface area (Å²) in [4.78, 5) is 0. The van der Waals surface area contributed by atoms with E-state index < -0.39 is 0 Å². The zero-order valence-electron chi connectivity index (χ0n) is 10.7. The first-order valence-corrected chi connectivity index (χ1v) is 7.26. The Morgan fingerprint density at radius 2 is 1.78 bits per heavy atom. The number of nitrogens with one attached hydrogen (secondary N) is 1. The Morgan fingerprint density at radius 1 is 1.06 bits per heavy atom. The Bertz CT molecular complexity index is 474. The van der Waals surface area contributed by atoms with Crippen LogP contribution in [0.4, 0.5) is 4.39 Å². The van der Waals surface area contributed by atoms with E-state index in [1.165, 1.54) is 32.1 Å². The molecular weight excluding hydrogens is 225 g/mol. The van der Waals surface area contributed by atoms with Crippen LogP contribution in [0.25, 0.3) is 0 Å². The zero-order valence-corrected chi connectivity index (χ0v) is 10.7. The Labute approximate surface area is 108 Å². The summed E-state index contributed by atoms with van der Waals surface area (Å²) >= 11 is 0. The van der Waals surface area contributed by atoms with Crippen molar-refractivity contribution in [1.82, 2.24) is 5.32 Å². The van der Waals surface area contributed by atoms with Gasteiger partial charge in [0.25, 0.3) is 0 Å². The molecule has 3 aliphatic rings. The maximum absolute atomic E-state index is 14.6. The first-order valence-electron chi connectivity index (χ1n) is 7.26. The quantitative estimate of drug-likeness (QED) is 0.840. The average Bonchev–Trinajstić information content (AvgIpc) is 3.06. The molecule has 1 atom stereocenters. The SMILES string of the molecule is Fc1c(C2CC2)cccc1C1CCC2(CNC2)C1. The van der Waals surface area contributed by atoms with Crippen LogP contribution in [0.2, 0.25) is 0 Å². The number of halogens is 1. The molecular formula is C16H20FN. The molecule has 1 aromatic rings. The molecule has 3 fully saturated rings. The smallest absolute Gasteiger partial charge is 0.130 e. The lowest BCUT2D eigenvalue weighted by molar-refractivity contribution is 0.175. The highest BCUT2D eigenvalue weighted by Crippen LogP contribution is 2.50. The summed E-state index contributed by atoms with van der Waals surface area (Å²) in [5.74, 6) is 1.10. The van der Waals surface area contributed by atoms with E-state index in [9.17, 15) is 4.39 Å². The Morgan fingerprint density at radius 3 is 2.33 bits per heavy atom. The number of rotatable bonds is 2. The van der Waals surface area contributed by atoms with Crippen molar-refractivity contribution in [2.45, 2.75) is 43.9 Å². The van der Waals surface area contributed by atoms with Gasteiger partial charge in [-0.05, 0) is 60.5 Å². The third-order valence-corrected chi connectivity index (χ3v) is 5.22. The fraction of sp³-hybridized carbons (Fsp3) is 0.625. The highest BCUT2D eigenvalue weighted by atomic mass is 19.1. The van der Waals surface area contributed by atoms with Crippen molar-refractivity contribution in [3.8, 4) is 0 Å². The molecule has 18 heavy (non-hydrogen) atoms. The maximum Gasteiger partial charge on any atom is 0.130 e. The minimum atomic E-state index is 0.120. The molecule has 1 nitrogen and oxygen atoms in total. The van der Waals surface area contributed by atoms with Crippen molar-refractivity contribution in [2.24, 2.45) is 5.41 Å². The lowest BCUT2D eigenvalue weighted by atomic mass is 9.78. The van der Waals surface area contributed by atoms with Gasteiger partial charge in [-0.2, -0.15) is 0 Å². The summed E-state index contributed by atoms with van der Waals surface area (Å²) in [7, 11) is 0. The summed E-state index contributed by atoms with van der Waals surface area (Å²) in [6.07, 6.45) is 5.99. The van der Waals surface area contributed by atoms with Gasteiger partial charge in [-0.1, -0.05) is 18.2 Å². The van der Waals surface area contributed by atoms with Crippen LogP contribution in [-0.2, 0) is 0 Å². The first-order chi connectivity index (χ1) is 8.77. The van der Waals surface area contributed by atoms with Crippen LogP contribution in [0.5, 0.6) is 0 Å². The van der Waals surface area contributed by atoms with Gasteiger partial charge in [-0.3, -0.25) is 0 Å². The van der Waals surface area contributed by atoms with Gasteiger partial charge < -0.3 is 5.32 Å². The molecule has 0 radical (unpaired) electrons. The highest BCUT2D eigenvalue weighted by Gasteiger charge is 2.44. The predicted octanol–water partition coefficient (Wildman–Crippen LogP) is 3.56. The van der Waals surface area contributed by atoms with Gasteiger partial charge in [0, 0.05) is 13.1 Å². The third-order valence-electron chi connectivity index (χ3n) is 5.22. The molecule has 0 bridgehead atoms. The highest BCUT2D eigenvalue weighted by molar-refractivity contribution is 5.34. The van der Waals surface area contributed by atoms with Gasteiger partial charge in [0.2, 0.25) is 0 Å². The summed E-state index contributed by atoms with van der Waals surface area (Å²) in [5, 5.41) is 3.38. The van der Waals surface area contributed by atoms with Crippen molar-refractivity contribution in [2.75, 3.05) is 13.1 Å². The van der Waals surface area contributed by atoms with Crippen molar-refractivity contribution >= 4 is 0 Å². The van der Waals surface area contributed by atoms with Crippen LogP contribution in [0.15, 0.2) is 18.2 Å². The predicted molar refractivity (Wildman–Crippen MR) is 70.3 cm³/mol. The van der Waals surface area contributed by atoms with Gasteiger partial charge in [0.1, 0.15) is 5.82 Å². The lowest BCUT2D eigenvalue weighted by Gasteiger charge is -2.39. The van der Waals surface area contributed by atoms with Gasteiger partial charge in [0.15, 0.2) is 0 Å². The first kappa shape index (κ1) is 11.0. The van der Waals surface area contributed by atoms with Crippen LogP contribution in [0.3, 0.4) is 0 Å². The number of benzene rings is 1. The molecule has 1 aromatic carbocycles. The molecule has 1 heterocycles. The molecule has 0 aromatic heterocycles. The fourth-order valence-corrected chi connectivity index (χ4v) is 3.87. The van der Waals surface area contributed by atoms with E-state index in [-0.39, 0.29) is 5.82 Å². The molecule has 0 amide bonds. The second-order valence-electron chi connectivity index (χ2n) is 6.57. The maximum atomic E-state index is 14.6. The molecule has 96 valence electrons. The topological polar surface area (TPSA) is 12.0 Å². The minimum absolute atomic E-state index is 0.120. The molecule has 1 unspecified atom stereocenters. The van der Waals surface area contributed by atoms with Gasteiger partial charge in [0.05, 0.1) is 0 Å². The van der Waals surface area contributed by atoms with E-state index >= 15 is 0 Å². The molecule has 4 rings (SSSR count). The summed E-state index contributed by atoms with van der Waals surface area (Å²) < 4.78 is 14.6. The van der Waals surface area contributed by atoms with E-state index in [4.69, 9.17) is 0 Å². The van der Waals surface area contributed by atoms with E-state index in [0.717, 1.165) is 24.2 Å². The van der Waals surface area contributed by atoms with Crippen LogP contribution in [0, 0.1) is 11.2 Å². The molecule has 1 N–H and O–H groups in total. The number of hydrogen-bond acceptors (Lipinski definition) is 1. The molecule has 1 spiro atoms. The van der Waals surface area contributed by atoms with Gasteiger partial charge in [-0.15, -0.1) is 0 Å². The fourth-order valence-electron chi connectivity index (χ4n) is 3.87. The molecule has 2 heteroatoms. The van der Waals surface area contributed by atoms with Crippen LogP contribution in [0.1, 0.15) is 55.1 Å². The van der Waals surface area contributed by atoms with Crippen molar-refractivity contribution < 1.29 is 4.39 Å². The van der Waals surface area contributed by atoms with E-state index in [1.54, 1.807) is 0 Å². The lowest BCUT2D eigenvalue weighted by Crippen LogP contribution is -2.51. The Kier molecular flexibility index (Phi) is 2.32. The molecule has 1 aliphatic heterocycles. The summed E-state index contributed by atoms with van der Waals surface area (Å²) in [5.41, 5.74) is 2.50. The average molecular weight is 245 g/mol. The number of hydrogen-bond donors (Lipinski definition) is 1. The van der Waals surface area contributed by atoms with Crippen molar-refractivity contribution in [1.29, 1.82) is 0 Å². The molecule has 1 saturated heterocycles. The van der Waals surface area contributed by atoms with E-state index in [2.05, 4.69) is 11.4 Å². The van der Waals surface area contributed by atoms with Crippen LogP contribution >= 0.6 is 0 Å². The van der Waals surface area contributed by atoms with Gasteiger partial charge >= 0.3 is 0 Å². The standard InChI is InChI=1S/C16H20FN/c17-15-13(11-4-5-11)2-1-3-14(15)12-6-7-16(8-12)9-18-10-16/h1-3,11-12,18H,4-10H2. The second-order valence-corrected chi connectivity index (χ2v) is 6.57. The van der Waals surface area contributed by atoms with Crippen molar-refractivity contribution in [3.63, 3.8) is 0 Å². The Hall–Kier alpha value is -0.890. The van der Waals surface area contributed by atoms with Crippen LogP contribution < -0.4 is 5.32 Å². The van der Waals surface area contributed by atoms with E-state index in [1.807, 2.05) is 12.1 Å². The third kappa shape index (κ3) is 1.62. The Balaban J connectivity index is 1.62. The monoisotopic (exact) mass is 245 g/mol. The summed E-state index contributed by atoms with van der Waals surface area (Å²) in [6, 6.07) is 6.08. The summed E-state index contributed by atoms with van der Waals surface area (Å²) in [6.45, 7) is 2.29. The van der Waals surface area contributed by atoms with E-state index in [0.29, 0.717) is 17.3 Å². The van der Waals surface area contributed by atoms with Crippen molar-refractivity contribution in [3.05, 3.63) is 35.1 Å².